The average molecular weight is 242 g/mol. The van der Waals surface area contributed by atoms with Gasteiger partial charge in [-0.25, -0.2) is 9.97 Å². The zero-order valence-corrected chi connectivity index (χ0v) is 11.4. The van der Waals surface area contributed by atoms with Gasteiger partial charge in [0.15, 0.2) is 0 Å². The Labute approximate surface area is 103 Å². The van der Waals surface area contributed by atoms with Crippen LogP contribution in [0.1, 0.15) is 32.2 Å². The first kappa shape index (κ1) is 13.2. The second-order valence-electron chi connectivity index (χ2n) is 4.64. The SMILES string of the molecule is Cc1nc(Cl)c(C)c(NCC(C)C(C)C)n1. The van der Waals surface area contributed by atoms with Gasteiger partial charge in [-0.3, -0.25) is 0 Å². The lowest BCUT2D eigenvalue weighted by molar-refractivity contribution is 0.439. The second-order valence-corrected chi connectivity index (χ2v) is 5.00. The van der Waals surface area contributed by atoms with Crippen molar-refractivity contribution in [3.63, 3.8) is 0 Å². The van der Waals surface area contributed by atoms with Gasteiger partial charge in [0.05, 0.1) is 0 Å². The fourth-order valence-corrected chi connectivity index (χ4v) is 1.47. The molecule has 1 aromatic heterocycles. The summed E-state index contributed by atoms with van der Waals surface area (Å²) in [5.74, 6) is 2.82. The third kappa shape index (κ3) is 3.34. The van der Waals surface area contributed by atoms with Gasteiger partial charge in [0.25, 0.3) is 0 Å². The van der Waals surface area contributed by atoms with Gasteiger partial charge < -0.3 is 5.32 Å². The third-order valence-electron chi connectivity index (χ3n) is 2.93. The minimum absolute atomic E-state index is 0.534. The van der Waals surface area contributed by atoms with Gasteiger partial charge in [-0.1, -0.05) is 32.4 Å². The van der Waals surface area contributed by atoms with Crippen molar-refractivity contribution < 1.29 is 0 Å². The standard InChI is InChI=1S/C12H20ClN3/c1-7(2)8(3)6-14-12-9(4)11(13)15-10(5)16-12/h7-8H,6H2,1-5H3,(H,14,15,16). The van der Waals surface area contributed by atoms with Crippen LogP contribution in [0.3, 0.4) is 0 Å². The molecule has 1 rings (SSSR count). The van der Waals surface area contributed by atoms with Crippen LogP contribution in [-0.4, -0.2) is 16.5 Å². The lowest BCUT2D eigenvalue weighted by Crippen LogP contribution is -2.18. The highest BCUT2D eigenvalue weighted by molar-refractivity contribution is 6.30. The molecular formula is C12H20ClN3. The number of anilines is 1. The molecule has 16 heavy (non-hydrogen) atoms. The van der Waals surface area contributed by atoms with Crippen LogP contribution in [0.5, 0.6) is 0 Å². The van der Waals surface area contributed by atoms with E-state index in [4.69, 9.17) is 11.6 Å². The molecule has 0 fully saturated rings. The van der Waals surface area contributed by atoms with Crippen LogP contribution >= 0.6 is 11.6 Å². The molecule has 1 heterocycles. The molecule has 0 saturated heterocycles. The monoisotopic (exact) mass is 241 g/mol. The van der Waals surface area contributed by atoms with Crippen LogP contribution in [0.15, 0.2) is 0 Å². The van der Waals surface area contributed by atoms with Crippen molar-refractivity contribution in [3.8, 4) is 0 Å². The largest absolute Gasteiger partial charge is 0.369 e. The normalized spacial score (nSPS) is 12.9. The number of halogens is 1. The highest BCUT2D eigenvalue weighted by Gasteiger charge is 2.10. The predicted octanol–water partition coefficient (Wildman–Crippen LogP) is 3.45. The van der Waals surface area contributed by atoms with E-state index in [2.05, 4.69) is 36.1 Å². The van der Waals surface area contributed by atoms with Crippen molar-refractivity contribution in [1.29, 1.82) is 0 Å². The predicted molar refractivity (Wildman–Crippen MR) is 69.0 cm³/mol. The summed E-state index contributed by atoms with van der Waals surface area (Å²) in [6.07, 6.45) is 0. The number of aromatic nitrogens is 2. The van der Waals surface area contributed by atoms with Crippen LogP contribution < -0.4 is 5.32 Å². The van der Waals surface area contributed by atoms with E-state index in [1.165, 1.54) is 0 Å². The summed E-state index contributed by atoms with van der Waals surface area (Å²) in [5, 5.41) is 3.87. The molecule has 0 aliphatic carbocycles. The highest BCUT2D eigenvalue weighted by Crippen LogP contribution is 2.20. The molecule has 3 nitrogen and oxygen atoms in total. The van der Waals surface area contributed by atoms with Gasteiger partial charge in [-0.15, -0.1) is 0 Å². The molecule has 90 valence electrons. The minimum atomic E-state index is 0.534. The molecule has 1 N–H and O–H groups in total. The Balaban J connectivity index is 2.74. The first-order chi connectivity index (χ1) is 7.41. The van der Waals surface area contributed by atoms with Crippen LogP contribution in [0.4, 0.5) is 5.82 Å². The molecule has 0 spiro atoms. The molecule has 0 aliphatic heterocycles. The van der Waals surface area contributed by atoms with Crippen LogP contribution in [-0.2, 0) is 0 Å². The second kappa shape index (κ2) is 5.48. The first-order valence-electron chi connectivity index (χ1n) is 5.66. The van der Waals surface area contributed by atoms with Crippen LogP contribution in [0.25, 0.3) is 0 Å². The summed E-state index contributed by atoms with van der Waals surface area (Å²) >= 11 is 6.01. The van der Waals surface area contributed by atoms with Crippen molar-refractivity contribution in [2.24, 2.45) is 11.8 Å². The van der Waals surface area contributed by atoms with Gasteiger partial charge in [-0.05, 0) is 25.7 Å². The summed E-state index contributed by atoms with van der Waals surface area (Å²) < 4.78 is 0. The molecule has 0 saturated carbocycles. The first-order valence-corrected chi connectivity index (χ1v) is 6.04. The lowest BCUT2D eigenvalue weighted by Gasteiger charge is -2.17. The summed E-state index contributed by atoms with van der Waals surface area (Å²) in [7, 11) is 0. The van der Waals surface area contributed by atoms with Gasteiger partial charge in [0.1, 0.15) is 16.8 Å². The zero-order valence-electron chi connectivity index (χ0n) is 10.6. The van der Waals surface area contributed by atoms with Crippen molar-refractivity contribution in [1.82, 2.24) is 9.97 Å². The molecule has 0 aliphatic rings. The van der Waals surface area contributed by atoms with E-state index in [9.17, 15) is 0 Å². The van der Waals surface area contributed by atoms with Gasteiger partial charge in [-0.2, -0.15) is 0 Å². The summed E-state index contributed by atoms with van der Waals surface area (Å²) in [6.45, 7) is 11.4. The maximum atomic E-state index is 6.01. The van der Waals surface area contributed by atoms with Crippen LogP contribution in [0, 0.1) is 25.7 Å². The van der Waals surface area contributed by atoms with E-state index >= 15 is 0 Å². The summed E-state index contributed by atoms with van der Waals surface area (Å²) in [6, 6.07) is 0. The summed E-state index contributed by atoms with van der Waals surface area (Å²) in [5.41, 5.74) is 0.920. The number of nitrogens with zero attached hydrogens (tertiary/aromatic N) is 2. The average Bonchev–Trinajstić information content (AvgIpc) is 2.20. The van der Waals surface area contributed by atoms with Crippen molar-refractivity contribution in [2.45, 2.75) is 34.6 Å². The van der Waals surface area contributed by atoms with E-state index in [0.717, 1.165) is 17.9 Å². The molecule has 0 bridgehead atoms. The number of hydrogen-bond acceptors (Lipinski definition) is 3. The fourth-order valence-electron chi connectivity index (χ4n) is 1.26. The van der Waals surface area contributed by atoms with E-state index in [1.807, 2.05) is 13.8 Å². The lowest BCUT2D eigenvalue weighted by atomic mass is 9.98. The maximum absolute atomic E-state index is 6.01. The number of nitrogens with one attached hydrogen (secondary N) is 1. The maximum Gasteiger partial charge on any atom is 0.137 e. The Morgan fingerprint density at radius 1 is 1.19 bits per heavy atom. The zero-order chi connectivity index (χ0) is 12.3. The van der Waals surface area contributed by atoms with E-state index in [-0.39, 0.29) is 0 Å². The molecule has 0 radical (unpaired) electrons. The third-order valence-corrected chi connectivity index (χ3v) is 3.30. The summed E-state index contributed by atoms with van der Waals surface area (Å²) in [4.78, 5) is 8.47. The minimum Gasteiger partial charge on any atom is -0.369 e. The molecule has 0 amide bonds. The van der Waals surface area contributed by atoms with Crippen molar-refractivity contribution in [3.05, 3.63) is 16.5 Å². The van der Waals surface area contributed by atoms with Gasteiger partial charge in [0.2, 0.25) is 0 Å². The molecule has 1 atom stereocenters. The molecule has 1 aromatic rings. The van der Waals surface area contributed by atoms with Gasteiger partial charge in [0, 0.05) is 12.1 Å². The smallest absolute Gasteiger partial charge is 0.137 e. The Hall–Kier alpha value is -0.830. The van der Waals surface area contributed by atoms with E-state index in [1.54, 1.807) is 0 Å². The quantitative estimate of drug-likeness (QED) is 0.821. The van der Waals surface area contributed by atoms with Crippen molar-refractivity contribution in [2.75, 3.05) is 11.9 Å². The number of rotatable bonds is 4. The Morgan fingerprint density at radius 3 is 2.38 bits per heavy atom. The Kier molecular flexibility index (Phi) is 4.54. The highest BCUT2D eigenvalue weighted by atomic mass is 35.5. The number of hydrogen-bond donors (Lipinski definition) is 1. The Morgan fingerprint density at radius 2 is 1.81 bits per heavy atom. The van der Waals surface area contributed by atoms with Crippen LogP contribution in [0.2, 0.25) is 5.15 Å². The van der Waals surface area contributed by atoms with E-state index in [0.29, 0.717) is 22.8 Å². The fraction of sp³-hybridized carbons (Fsp3) is 0.667. The molecule has 4 heteroatoms. The Bertz CT molecular complexity index is 364. The molecule has 0 aromatic carbocycles. The topological polar surface area (TPSA) is 37.8 Å². The van der Waals surface area contributed by atoms with E-state index < -0.39 is 0 Å². The van der Waals surface area contributed by atoms with Crippen molar-refractivity contribution >= 4 is 17.4 Å². The number of aryl methyl sites for hydroxylation is 1. The molecule has 1 unspecified atom stereocenters. The van der Waals surface area contributed by atoms with Gasteiger partial charge >= 0.3 is 0 Å². The molecular weight excluding hydrogens is 222 g/mol.